The molecule has 0 spiro atoms. The number of likely N-dealkylation sites (N-methyl/N-ethyl adjacent to an activating group) is 1. The number of carbonyl (C=O) groups is 1. The SMILES string of the molecule is CC.CC.CCCC/C=C(\CN(C)COC(C)=O)c1nsnc1OCCCCCC. The van der Waals surface area contributed by atoms with Crippen molar-refractivity contribution in [2.24, 2.45) is 0 Å². The minimum absolute atomic E-state index is 0.255. The van der Waals surface area contributed by atoms with Gasteiger partial charge in [-0.1, -0.05) is 79.7 Å². The molecule has 176 valence electrons. The average molecular weight is 444 g/mol. The molecule has 7 heteroatoms. The van der Waals surface area contributed by atoms with Crippen molar-refractivity contribution in [3.05, 3.63) is 11.8 Å². The number of ether oxygens (including phenoxy) is 2. The van der Waals surface area contributed by atoms with Gasteiger partial charge in [0.2, 0.25) is 0 Å². The lowest BCUT2D eigenvalue weighted by Gasteiger charge is -2.18. The first kappa shape index (κ1) is 30.7. The van der Waals surface area contributed by atoms with Crippen molar-refractivity contribution in [1.82, 2.24) is 13.6 Å². The summed E-state index contributed by atoms with van der Waals surface area (Å²) in [4.78, 5) is 13.0. The third-order valence-corrected chi connectivity index (χ3v) is 4.39. The van der Waals surface area contributed by atoms with E-state index in [1.54, 1.807) is 0 Å². The van der Waals surface area contributed by atoms with Crippen LogP contribution >= 0.6 is 11.7 Å². The molecule has 1 rings (SSSR count). The lowest BCUT2D eigenvalue weighted by atomic mass is 10.1. The van der Waals surface area contributed by atoms with Crippen molar-refractivity contribution in [3.8, 4) is 5.88 Å². The second-order valence-electron chi connectivity index (χ2n) is 6.48. The van der Waals surface area contributed by atoms with E-state index in [0.29, 0.717) is 19.0 Å². The van der Waals surface area contributed by atoms with Crippen molar-refractivity contribution < 1.29 is 14.3 Å². The number of carbonyl (C=O) groups excluding carboxylic acids is 1. The molecule has 0 aromatic carbocycles. The average Bonchev–Trinajstić information content (AvgIpc) is 3.23. The Labute approximate surface area is 189 Å². The summed E-state index contributed by atoms with van der Waals surface area (Å²) < 4.78 is 19.7. The summed E-state index contributed by atoms with van der Waals surface area (Å²) in [5, 5.41) is 0. The summed E-state index contributed by atoms with van der Waals surface area (Å²) in [6.07, 6.45) is 10.1. The third-order valence-electron chi connectivity index (χ3n) is 3.88. The monoisotopic (exact) mass is 443 g/mol. The van der Waals surface area contributed by atoms with Crippen molar-refractivity contribution in [2.75, 3.05) is 26.9 Å². The summed E-state index contributed by atoms with van der Waals surface area (Å²) in [6.45, 7) is 15.4. The molecule has 0 amide bonds. The fraction of sp³-hybridized carbons (Fsp3) is 0.783. The number of hydrogen-bond donors (Lipinski definition) is 0. The van der Waals surface area contributed by atoms with E-state index in [0.717, 1.165) is 37.0 Å². The fourth-order valence-corrected chi connectivity index (χ4v) is 2.95. The molecule has 0 fully saturated rings. The smallest absolute Gasteiger partial charge is 0.303 e. The van der Waals surface area contributed by atoms with Crippen LogP contribution in [-0.2, 0) is 9.53 Å². The van der Waals surface area contributed by atoms with Crippen LogP contribution < -0.4 is 4.74 Å². The summed E-state index contributed by atoms with van der Waals surface area (Å²) in [7, 11) is 1.92. The number of nitrogens with zero attached hydrogens (tertiary/aromatic N) is 3. The Kier molecular flexibility index (Phi) is 22.8. The normalized spacial score (nSPS) is 10.6. The Morgan fingerprint density at radius 2 is 1.70 bits per heavy atom. The van der Waals surface area contributed by atoms with E-state index >= 15 is 0 Å². The zero-order chi connectivity index (χ0) is 23.2. The molecule has 0 saturated heterocycles. The molecular weight excluding hydrogens is 398 g/mol. The summed E-state index contributed by atoms with van der Waals surface area (Å²) in [5.41, 5.74) is 1.89. The van der Waals surface area contributed by atoms with Gasteiger partial charge in [-0.3, -0.25) is 9.69 Å². The number of esters is 1. The van der Waals surface area contributed by atoms with Crippen LogP contribution in [0.3, 0.4) is 0 Å². The summed E-state index contributed by atoms with van der Waals surface area (Å²) >= 11 is 1.18. The predicted molar refractivity (Wildman–Crippen MR) is 129 cm³/mol. The third kappa shape index (κ3) is 15.4. The van der Waals surface area contributed by atoms with E-state index in [1.165, 1.54) is 37.9 Å². The highest BCUT2D eigenvalue weighted by Gasteiger charge is 2.16. The first-order chi connectivity index (χ1) is 14.6. The predicted octanol–water partition coefficient (Wildman–Crippen LogP) is 6.58. The number of aromatic nitrogens is 2. The minimum atomic E-state index is -0.278. The molecule has 1 aromatic rings. The summed E-state index contributed by atoms with van der Waals surface area (Å²) in [6, 6.07) is 0. The maximum atomic E-state index is 11.0. The van der Waals surface area contributed by atoms with Gasteiger partial charge in [0.05, 0.1) is 18.3 Å². The zero-order valence-electron chi connectivity index (χ0n) is 20.6. The molecule has 0 atom stereocenters. The lowest BCUT2D eigenvalue weighted by Crippen LogP contribution is -2.25. The molecule has 0 radical (unpaired) electrons. The van der Waals surface area contributed by atoms with E-state index in [2.05, 4.69) is 28.7 Å². The van der Waals surface area contributed by atoms with Crippen molar-refractivity contribution in [3.63, 3.8) is 0 Å². The molecule has 0 aliphatic carbocycles. The molecule has 1 heterocycles. The van der Waals surface area contributed by atoms with E-state index < -0.39 is 0 Å². The molecule has 0 aliphatic heterocycles. The standard InChI is InChI=1S/C19H33N3O3S.2C2H6/c1-5-7-9-11-13-24-19-18(20-26-21-19)17(12-10-8-6-2)14-22(4)15-25-16(3)23;2*1-2/h12H,5-11,13-15H2,1-4H3;2*1-2H3/b17-12+;;. The molecular formula is C23H45N3O3S. The summed E-state index contributed by atoms with van der Waals surface area (Å²) in [5.74, 6) is 0.343. The molecule has 0 aliphatic rings. The molecule has 30 heavy (non-hydrogen) atoms. The van der Waals surface area contributed by atoms with Crippen LogP contribution in [0.4, 0.5) is 0 Å². The first-order valence-electron chi connectivity index (χ1n) is 11.5. The minimum Gasteiger partial charge on any atom is -0.475 e. The highest BCUT2D eigenvalue weighted by atomic mass is 32.1. The van der Waals surface area contributed by atoms with E-state index in [1.807, 2.05) is 39.6 Å². The van der Waals surface area contributed by atoms with E-state index in [9.17, 15) is 4.79 Å². The maximum absolute atomic E-state index is 11.0. The van der Waals surface area contributed by atoms with Gasteiger partial charge in [0, 0.05) is 13.5 Å². The molecule has 0 bridgehead atoms. The van der Waals surface area contributed by atoms with Gasteiger partial charge in [-0.2, -0.15) is 4.37 Å². The van der Waals surface area contributed by atoms with Crippen molar-refractivity contribution in [2.45, 2.75) is 93.4 Å². The molecule has 0 unspecified atom stereocenters. The number of unbranched alkanes of at least 4 members (excludes halogenated alkanes) is 5. The Hall–Kier alpha value is -1.47. The van der Waals surface area contributed by atoms with Gasteiger partial charge in [0.15, 0.2) is 0 Å². The van der Waals surface area contributed by atoms with Crippen LogP contribution in [0.2, 0.25) is 0 Å². The van der Waals surface area contributed by atoms with Crippen molar-refractivity contribution in [1.29, 1.82) is 0 Å². The van der Waals surface area contributed by atoms with Gasteiger partial charge < -0.3 is 9.47 Å². The Morgan fingerprint density at radius 3 is 2.30 bits per heavy atom. The van der Waals surface area contributed by atoms with Crippen molar-refractivity contribution >= 4 is 23.3 Å². The van der Waals surface area contributed by atoms with Gasteiger partial charge in [0.25, 0.3) is 5.88 Å². The van der Waals surface area contributed by atoms with Crippen LogP contribution in [0.25, 0.3) is 5.57 Å². The van der Waals surface area contributed by atoms with Gasteiger partial charge in [-0.15, -0.1) is 4.37 Å². The topological polar surface area (TPSA) is 64.5 Å². The maximum Gasteiger partial charge on any atom is 0.303 e. The fourth-order valence-electron chi connectivity index (χ4n) is 2.42. The number of allylic oxidation sites excluding steroid dienone is 1. The number of hydrogen-bond acceptors (Lipinski definition) is 7. The van der Waals surface area contributed by atoms with Gasteiger partial charge >= 0.3 is 5.97 Å². The van der Waals surface area contributed by atoms with Crippen LogP contribution in [-0.4, -0.2) is 46.5 Å². The second-order valence-corrected chi connectivity index (χ2v) is 7.01. The Morgan fingerprint density at radius 1 is 1.03 bits per heavy atom. The first-order valence-corrected chi connectivity index (χ1v) is 12.3. The van der Waals surface area contributed by atoms with E-state index in [4.69, 9.17) is 9.47 Å². The van der Waals surface area contributed by atoms with Crippen LogP contribution in [0.1, 0.15) is 99.1 Å². The van der Waals surface area contributed by atoms with Crippen LogP contribution in [0, 0.1) is 0 Å². The second kappa shape index (κ2) is 22.2. The Balaban J connectivity index is 0. The largest absolute Gasteiger partial charge is 0.475 e. The van der Waals surface area contributed by atoms with E-state index in [-0.39, 0.29) is 12.7 Å². The van der Waals surface area contributed by atoms with Gasteiger partial charge in [-0.25, -0.2) is 0 Å². The van der Waals surface area contributed by atoms with Crippen LogP contribution in [0.15, 0.2) is 6.08 Å². The highest BCUT2D eigenvalue weighted by Crippen LogP contribution is 2.26. The zero-order valence-corrected chi connectivity index (χ0v) is 21.4. The lowest BCUT2D eigenvalue weighted by molar-refractivity contribution is -0.144. The Bertz CT molecular complexity index is 548. The van der Waals surface area contributed by atoms with Gasteiger partial charge in [0.1, 0.15) is 12.4 Å². The molecule has 0 saturated carbocycles. The molecule has 0 N–H and O–H groups in total. The quantitative estimate of drug-likeness (QED) is 0.184. The molecule has 6 nitrogen and oxygen atoms in total. The molecule has 1 aromatic heterocycles. The van der Waals surface area contributed by atoms with Crippen LogP contribution in [0.5, 0.6) is 5.88 Å². The highest BCUT2D eigenvalue weighted by molar-refractivity contribution is 6.99. The number of rotatable bonds is 14. The van der Waals surface area contributed by atoms with Gasteiger partial charge in [-0.05, 0) is 25.5 Å².